The summed E-state index contributed by atoms with van der Waals surface area (Å²) in [5, 5.41) is 21.4. The summed E-state index contributed by atoms with van der Waals surface area (Å²) in [7, 11) is -1.55. The van der Waals surface area contributed by atoms with Gasteiger partial charge in [0.1, 0.15) is 0 Å². The van der Waals surface area contributed by atoms with E-state index in [0.29, 0.717) is 29.4 Å². The molecular weight excluding hydrogens is 413 g/mol. The van der Waals surface area contributed by atoms with Crippen LogP contribution in [0.3, 0.4) is 0 Å². The number of hydrogen-bond donors (Lipinski definition) is 3. The number of amides is 1. The van der Waals surface area contributed by atoms with E-state index >= 15 is 0 Å². The minimum absolute atomic E-state index is 0.156. The lowest BCUT2D eigenvalue weighted by Gasteiger charge is -2.60. The fourth-order valence-electron chi connectivity index (χ4n) is 6.31. The van der Waals surface area contributed by atoms with Crippen LogP contribution in [0.1, 0.15) is 56.8 Å². The number of nitrogens with one attached hydrogen (secondary N) is 1. The summed E-state index contributed by atoms with van der Waals surface area (Å²) in [5.41, 5.74) is 0.192. The number of carbonyl (C=O) groups is 1. The van der Waals surface area contributed by atoms with Crippen LogP contribution in [0.5, 0.6) is 0 Å². The van der Waals surface area contributed by atoms with Gasteiger partial charge in [-0.05, 0) is 61.5 Å². The highest BCUT2D eigenvalue weighted by Gasteiger charge is 2.69. The first-order valence-corrected chi connectivity index (χ1v) is 11.7. The molecule has 0 radical (unpaired) electrons. The molecule has 1 saturated carbocycles. The van der Waals surface area contributed by atoms with Crippen LogP contribution in [0.2, 0.25) is 0 Å². The molecule has 5 aliphatic rings. The van der Waals surface area contributed by atoms with Gasteiger partial charge in [0.15, 0.2) is 11.9 Å². The number of fused-ring (bicyclic) bond motifs is 2. The SMILES string of the molecule is C[C@H]1[C@@H](CNC(=O)c2ccc(B(O)O)cc2)O[C@@H]2O[C@@]3(C)CC[C@H]4[C@H](C)CC[C@@H]1[C@@]24OO3. The third kappa shape index (κ3) is 3.50. The topological polar surface area (TPSA) is 106 Å². The number of benzene rings is 1. The molecule has 9 heteroatoms. The minimum Gasteiger partial charge on any atom is -0.423 e. The molecule has 3 N–H and O–H groups in total. The van der Waals surface area contributed by atoms with Crippen molar-refractivity contribution < 1.29 is 34.1 Å². The Morgan fingerprint density at radius 2 is 1.88 bits per heavy atom. The maximum absolute atomic E-state index is 12.7. The Hall–Kier alpha value is -1.49. The van der Waals surface area contributed by atoms with Gasteiger partial charge >= 0.3 is 7.12 Å². The standard InChI is InChI=1S/C23H32BNO7/c1-13-4-9-18-14(2)19(12-25-20(26)15-5-7-16(8-6-15)24(27)28)29-21-23(18)17(13)10-11-22(3,30-21)31-32-23/h5-8,13-14,17-19,21,27-28H,4,9-12H2,1-3H3,(H,25,26)/t13-,14-,17+,18+,19-,21-,22-,23-/m1/s1. The second-order valence-corrected chi connectivity index (χ2v) is 10.1. The Morgan fingerprint density at radius 1 is 1.12 bits per heavy atom. The third-order valence-electron chi connectivity index (χ3n) is 8.23. The van der Waals surface area contributed by atoms with Crippen molar-refractivity contribution in [2.45, 2.75) is 70.2 Å². The van der Waals surface area contributed by atoms with Gasteiger partial charge in [0.25, 0.3) is 5.91 Å². The quantitative estimate of drug-likeness (QED) is 0.475. The summed E-state index contributed by atoms with van der Waals surface area (Å²) < 4.78 is 12.8. The highest BCUT2D eigenvalue weighted by molar-refractivity contribution is 6.58. The lowest BCUT2D eigenvalue weighted by molar-refractivity contribution is -0.570. The second-order valence-electron chi connectivity index (χ2n) is 10.1. The summed E-state index contributed by atoms with van der Waals surface area (Å²) in [6, 6.07) is 6.22. The zero-order chi connectivity index (χ0) is 22.7. The number of carbonyl (C=O) groups excluding carboxylic acids is 1. The Balaban J connectivity index is 1.32. The maximum Gasteiger partial charge on any atom is 0.488 e. The first kappa shape index (κ1) is 22.3. The van der Waals surface area contributed by atoms with E-state index in [4.69, 9.17) is 19.2 Å². The van der Waals surface area contributed by atoms with E-state index in [2.05, 4.69) is 19.2 Å². The van der Waals surface area contributed by atoms with Crippen LogP contribution < -0.4 is 10.8 Å². The zero-order valence-electron chi connectivity index (χ0n) is 18.8. The molecule has 4 heterocycles. The van der Waals surface area contributed by atoms with E-state index in [1.54, 1.807) is 12.1 Å². The van der Waals surface area contributed by atoms with Crippen molar-refractivity contribution in [2.75, 3.05) is 6.54 Å². The summed E-state index contributed by atoms with van der Waals surface area (Å²) in [6.45, 7) is 6.71. The molecule has 6 rings (SSSR count). The summed E-state index contributed by atoms with van der Waals surface area (Å²) in [6.07, 6.45) is 3.17. The number of ether oxygens (including phenoxy) is 2. The molecular formula is C23H32BNO7. The van der Waals surface area contributed by atoms with Crippen molar-refractivity contribution in [3.63, 3.8) is 0 Å². The molecule has 8 atom stereocenters. The smallest absolute Gasteiger partial charge is 0.423 e. The number of rotatable bonds is 4. The van der Waals surface area contributed by atoms with E-state index in [-0.39, 0.29) is 23.8 Å². The van der Waals surface area contributed by atoms with Gasteiger partial charge in [-0.25, -0.2) is 9.78 Å². The Bertz CT molecular complexity index is 866. The highest BCUT2D eigenvalue weighted by Crippen LogP contribution is 2.60. The average Bonchev–Trinajstić information content (AvgIpc) is 3.01. The van der Waals surface area contributed by atoms with Gasteiger partial charge in [-0.2, -0.15) is 0 Å². The van der Waals surface area contributed by atoms with Crippen LogP contribution in [0.15, 0.2) is 24.3 Å². The molecule has 1 spiro atoms. The van der Waals surface area contributed by atoms with Gasteiger partial charge in [-0.3, -0.25) is 4.79 Å². The van der Waals surface area contributed by atoms with Crippen LogP contribution in [0.25, 0.3) is 0 Å². The second kappa shape index (κ2) is 8.08. The van der Waals surface area contributed by atoms with E-state index in [1.165, 1.54) is 12.1 Å². The minimum atomic E-state index is -1.55. The van der Waals surface area contributed by atoms with Crippen LogP contribution in [-0.4, -0.2) is 53.4 Å². The van der Waals surface area contributed by atoms with E-state index in [1.807, 2.05) is 6.92 Å². The molecule has 8 nitrogen and oxygen atoms in total. The Labute approximate surface area is 188 Å². The normalized spacial score (nSPS) is 42.7. The first-order valence-electron chi connectivity index (χ1n) is 11.7. The van der Waals surface area contributed by atoms with Gasteiger partial charge in [-0.1, -0.05) is 26.0 Å². The molecule has 32 heavy (non-hydrogen) atoms. The first-order chi connectivity index (χ1) is 15.2. The fourth-order valence-corrected chi connectivity index (χ4v) is 6.31. The molecule has 2 bridgehead atoms. The lowest BCUT2D eigenvalue weighted by atomic mass is 9.57. The monoisotopic (exact) mass is 445 g/mol. The van der Waals surface area contributed by atoms with Gasteiger partial charge in [0, 0.05) is 24.4 Å². The van der Waals surface area contributed by atoms with Crippen molar-refractivity contribution in [1.29, 1.82) is 0 Å². The summed E-state index contributed by atoms with van der Waals surface area (Å²) in [5.74, 6) is 0.151. The molecule has 1 aromatic rings. The largest absolute Gasteiger partial charge is 0.488 e. The lowest BCUT2D eigenvalue weighted by Crippen LogP contribution is -2.71. The zero-order valence-corrected chi connectivity index (χ0v) is 18.8. The van der Waals surface area contributed by atoms with Gasteiger partial charge < -0.3 is 24.8 Å². The highest BCUT2D eigenvalue weighted by atomic mass is 17.3. The molecule has 1 aliphatic carbocycles. The maximum atomic E-state index is 12.7. The Kier molecular flexibility index (Phi) is 5.63. The molecule has 0 aromatic heterocycles. The van der Waals surface area contributed by atoms with Gasteiger partial charge in [0.05, 0.1) is 6.10 Å². The molecule has 1 aromatic carbocycles. The van der Waals surface area contributed by atoms with Crippen molar-refractivity contribution in [3.05, 3.63) is 29.8 Å². The van der Waals surface area contributed by atoms with Crippen LogP contribution in [0, 0.1) is 23.7 Å². The van der Waals surface area contributed by atoms with Crippen molar-refractivity contribution in [1.82, 2.24) is 5.32 Å². The molecule has 1 amide bonds. The van der Waals surface area contributed by atoms with Crippen molar-refractivity contribution >= 4 is 18.5 Å². The van der Waals surface area contributed by atoms with Gasteiger partial charge in [0.2, 0.25) is 5.79 Å². The average molecular weight is 445 g/mol. The summed E-state index contributed by atoms with van der Waals surface area (Å²) >= 11 is 0. The molecule has 5 fully saturated rings. The molecule has 4 aliphatic heterocycles. The van der Waals surface area contributed by atoms with E-state index < -0.39 is 24.8 Å². The fraction of sp³-hybridized carbons (Fsp3) is 0.696. The predicted molar refractivity (Wildman–Crippen MR) is 115 cm³/mol. The summed E-state index contributed by atoms with van der Waals surface area (Å²) in [4.78, 5) is 24.7. The third-order valence-corrected chi connectivity index (χ3v) is 8.23. The van der Waals surface area contributed by atoms with Crippen molar-refractivity contribution in [2.24, 2.45) is 23.7 Å². The molecule has 174 valence electrons. The van der Waals surface area contributed by atoms with E-state index in [0.717, 1.165) is 25.7 Å². The van der Waals surface area contributed by atoms with Crippen molar-refractivity contribution in [3.8, 4) is 0 Å². The Morgan fingerprint density at radius 3 is 2.59 bits per heavy atom. The van der Waals surface area contributed by atoms with E-state index in [9.17, 15) is 14.8 Å². The molecule has 0 unspecified atom stereocenters. The van der Waals surface area contributed by atoms with Crippen LogP contribution in [-0.2, 0) is 19.2 Å². The molecule has 4 saturated heterocycles. The van der Waals surface area contributed by atoms with Gasteiger partial charge in [-0.15, -0.1) is 0 Å². The van der Waals surface area contributed by atoms with Crippen LogP contribution in [0.4, 0.5) is 0 Å². The predicted octanol–water partition coefficient (Wildman–Crippen LogP) is 1.35. The van der Waals surface area contributed by atoms with Crippen LogP contribution >= 0.6 is 0 Å². The number of hydrogen-bond acceptors (Lipinski definition) is 7.